The normalized spacial score (nSPS) is 20.3. The van der Waals surface area contributed by atoms with Crippen LogP contribution in [0.5, 0.6) is 0 Å². The van der Waals surface area contributed by atoms with Crippen molar-refractivity contribution in [1.82, 2.24) is 4.90 Å². The number of hydrogen-bond acceptors (Lipinski definition) is 4. The molecule has 30 heavy (non-hydrogen) atoms. The molecule has 6 nitrogen and oxygen atoms in total. The smallest absolute Gasteiger partial charge is 0.229 e. The molecule has 0 spiro atoms. The number of likely N-dealkylation sites (tertiary alicyclic amines) is 1. The van der Waals surface area contributed by atoms with Crippen LogP contribution < -0.4 is 10.2 Å². The Kier molecular flexibility index (Phi) is 6.25. The molecule has 2 heterocycles. The number of amides is 2. The second-order valence-electron chi connectivity index (χ2n) is 7.78. The highest BCUT2D eigenvalue weighted by molar-refractivity contribution is 6.31. The van der Waals surface area contributed by atoms with Crippen LogP contribution in [0.2, 0.25) is 5.02 Å². The van der Waals surface area contributed by atoms with E-state index in [-0.39, 0.29) is 30.2 Å². The molecule has 2 aliphatic rings. The SMILES string of the molecule is C[C@@H](c1ccccc1)N1C[C@@H](C(=O)Nc2cc(Cl)ccc2N2CCOCC2)CC1=O. The fourth-order valence-corrected chi connectivity index (χ4v) is 4.29. The van der Waals surface area contributed by atoms with Gasteiger partial charge < -0.3 is 19.9 Å². The Bertz CT molecular complexity index is 915. The van der Waals surface area contributed by atoms with Gasteiger partial charge in [0.25, 0.3) is 0 Å². The molecule has 2 aliphatic heterocycles. The van der Waals surface area contributed by atoms with Gasteiger partial charge in [-0.3, -0.25) is 9.59 Å². The third-order valence-corrected chi connectivity index (χ3v) is 6.08. The second kappa shape index (κ2) is 9.06. The highest BCUT2D eigenvalue weighted by Crippen LogP contribution is 2.32. The molecule has 0 bridgehead atoms. The molecule has 2 atom stereocenters. The van der Waals surface area contributed by atoms with Crippen LogP contribution in [-0.4, -0.2) is 49.6 Å². The van der Waals surface area contributed by atoms with Gasteiger partial charge in [-0.05, 0) is 30.7 Å². The zero-order valence-electron chi connectivity index (χ0n) is 17.0. The van der Waals surface area contributed by atoms with Gasteiger partial charge in [0.15, 0.2) is 0 Å². The van der Waals surface area contributed by atoms with E-state index in [0.717, 1.165) is 24.3 Å². The van der Waals surface area contributed by atoms with Crippen molar-refractivity contribution in [3.63, 3.8) is 0 Å². The van der Waals surface area contributed by atoms with Gasteiger partial charge in [0.2, 0.25) is 11.8 Å². The third-order valence-electron chi connectivity index (χ3n) is 5.85. The number of carbonyl (C=O) groups is 2. The summed E-state index contributed by atoms with van der Waals surface area (Å²) in [6.45, 7) is 5.23. The summed E-state index contributed by atoms with van der Waals surface area (Å²) >= 11 is 6.20. The van der Waals surface area contributed by atoms with E-state index in [1.165, 1.54) is 0 Å². The standard InChI is InChI=1S/C23H26ClN3O3/c1-16(17-5-3-2-4-6-17)27-15-18(13-22(27)28)23(29)25-20-14-19(24)7-8-21(20)26-9-11-30-12-10-26/h2-8,14,16,18H,9-13,15H2,1H3,(H,25,29)/t16-,18-/m0/s1. The van der Waals surface area contributed by atoms with Crippen molar-refractivity contribution in [3.05, 3.63) is 59.1 Å². The van der Waals surface area contributed by atoms with Crippen LogP contribution in [0.1, 0.15) is 24.9 Å². The Balaban J connectivity index is 1.47. The molecule has 0 radical (unpaired) electrons. The Hall–Kier alpha value is -2.57. The largest absolute Gasteiger partial charge is 0.378 e. The van der Waals surface area contributed by atoms with Gasteiger partial charge in [0.05, 0.1) is 36.5 Å². The number of hydrogen-bond donors (Lipinski definition) is 1. The summed E-state index contributed by atoms with van der Waals surface area (Å²) in [5.41, 5.74) is 2.67. The molecule has 7 heteroatoms. The summed E-state index contributed by atoms with van der Waals surface area (Å²) < 4.78 is 5.43. The van der Waals surface area contributed by atoms with E-state index in [2.05, 4.69) is 10.2 Å². The maximum absolute atomic E-state index is 13.0. The van der Waals surface area contributed by atoms with Gasteiger partial charge >= 0.3 is 0 Å². The van der Waals surface area contributed by atoms with Crippen LogP contribution in [0.4, 0.5) is 11.4 Å². The first-order valence-electron chi connectivity index (χ1n) is 10.3. The monoisotopic (exact) mass is 427 g/mol. The van der Waals surface area contributed by atoms with Crippen LogP contribution in [0.15, 0.2) is 48.5 Å². The fourth-order valence-electron chi connectivity index (χ4n) is 4.12. The highest BCUT2D eigenvalue weighted by atomic mass is 35.5. The van der Waals surface area contributed by atoms with Crippen LogP contribution in [-0.2, 0) is 14.3 Å². The van der Waals surface area contributed by atoms with Gasteiger partial charge in [0.1, 0.15) is 0 Å². The molecule has 2 saturated heterocycles. The zero-order valence-corrected chi connectivity index (χ0v) is 17.8. The highest BCUT2D eigenvalue weighted by Gasteiger charge is 2.37. The lowest BCUT2D eigenvalue weighted by molar-refractivity contribution is -0.129. The topological polar surface area (TPSA) is 61.9 Å². The molecule has 0 saturated carbocycles. The number of rotatable bonds is 5. The average Bonchev–Trinajstić information content (AvgIpc) is 3.16. The van der Waals surface area contributed by atoms with Gasteiger partial charge in [-0.25, -0.2) is 0 Å². The van der Waals surface area contributed by atoms with Crippen molar-refractivity contribution in [2.45, 2.75) is 19.4 Å². The minimum Gasteiger partial charge on any atom is -0.378 e. The summed E-state index contributed by atoms with van der Waals surface area (Å²) in [7, 11) is 0. The van der Waals surface area contributed by atoms with E-state index in [0.29, 0.717) is 30.5 Å². The Morgan fingerprint density at radius 3 is 2.63 bits per heavy atom. The van der Waals surface area contributed by atoms with Crippen LogP contribution in [0, 0.1) is 5.92 Å². The Labute approximate surface area is 181 Å². The summed E-state index contributed by atoms with van der Waals surface area (Å²) in [6.07, 6.45) is 0.219. The molecule has 2 amide bonds. The zero-order chi connectivity index (χ0) is 21.1. The molecule has 0 unspecified atom stereocenters. The number of halogens is 1. The fraction of sp³-hybridized carbons (Fsp3) is 0.391. The quantitative estimate of drug-likeness (QED) is 0.789. The number of morpholine rings is 1. The van der Waals surface area contributed by atoms with E-state index < -0.39 is 0 Å². The molecule has 158 valence electrons. The molecule has 0 aromatic heterocycles. The summed E-state index contributed by atoms with van der Waals surface area (Å²) in [4.78, 5) is 29.6. The summed E-state index contributed by atoms with van der Waals surface area (Å²) in [5, 5.41) is 3.59. The lowest BCUT2D eigenvalue weighted by Gasteiger charge is -2.31. The first-order chi connectivity index (χ1) is 14.5. The molecule has 2 aromatic rings. The lowest BCUT2D eigenvalue weighted by Crippen LogP contribution is -2.37. The Morgan fingerprint density at radius 2 is 1.90 bits per heavy atom. The number of nitrogens with zero attached hydrogens (tertiary/aromatic N) is 2. The van der Waals surface area contributed by atoms with Crippen LogP contribution in [0.25, 0.3) is 0 Å². The second-order valence-corrected chi connectivity index (χ2v) is 8.22. The first kappa shape index (κ1) is 20.7. The molecule has 4 rings (SSSR count). The van der Waals surface area contributed by atoms with E-state index in [1.54, 1.807) is 11.0 Å². The van der Waals surface area contributed by atoms with E-state index in [4.69, 9.17) is 16.3 Å². The van der Waals surface area contributed by atoms with Crippen molar-refractivity contribution in [3.8, 4) is 0 Å². The Morgan fingerprint density at radius 1 is 1.17 bits per heavy atom. The van der Waals surface area contributed by atoms with Crippen LogP contribution in [0.3, 0.4) is 0 Å². The molecule has 2 fully saturated rings. The summed E-state index contributed by atoms with van der Waals surface area (Å²) in [5.74, 6) is -0.533. The van der Waals surface area contributed by atoms with Crippen molar-refractivity contribution in [2.75, 3.05) is 43.1 Å². The minimum atomic E-state index is -0.389. The maximum atomic E-state index is 13.0. The maximum Gasteiger partial charge on any atom is 0.229 e. The minimum absolute atomic E-state index is 0.00556. The van der Waals surface area contributed by atoms with Crippen molar-refractivity contribution >= 4 is 34.8 Å². The summed E-state index contributed by atoms with van der Waals surface area (Å²) in [6, 6.07) is 15.3. The third kappa shape index (κ3) is 4.45. The van der Waals surface area contributed by atoms with Crippen molar-refractivity contribution in [1.29, 1.82) is 0 Å². The number of anilines is 2. The van der Waals surface area contributed by atoms with Crippen molar-refractivity contribution in [2.24, 2.45) is 5.92 Å². The molecule has 0 aliphatic carbocycles. The van der Waals surface area contributed by atoms with Gasteiger partial charge in [0, 0.05) is 31.1 Å². The van der Waals surface area contributed by atoms with E-state index in [9.17, 15) is 9.59 Å². The average molecular weight is 428 g/mol. The van der Waals surface area contributed by atoms with Gasteiger partial charge in [-0.15, -0.1) is 0 Å². The van der Waals surface area contributed by atoms with Gasteiger partial charge in [-0.2, -0.15) is 0 Å². The van der Waals surface area contributed by atoms with Gasteiger partial charge in [-0.1, -0.05) is 41.9 Å². The molecule has 2 aromatic carbocycles. The van der Waals surface area contributed by atoms with E-state index >= 15 is 0 Å². The van der Waals surface area contributed by atoms with E-state index in [1.807, 2.05) is 49.4 Å². The number of ether oxygens (including phenoxy) is 1. The van der Waals surface area contributed by atoms with Crippen LogP contribution >= 0.6 is 11.6 Å². The number of nitrogens with one attached hydrogen (secondary N) is 1. The molecular formula is C23H26ClN3O3. The van der Waals surface area contributed by atoms with Crippen molar-refractivity contribution < 1.29 is 14.3 Å². The number of benzene rings is 2. The predicted octanol–water partition coefficient (Wildman–Crippen LogP) is 3.72. The predicted molar refractivity (Wildman–Crippen MR) is 118 cm³/mol. The first-order valence-corrected chi connectivity index (χ1v) is 10.7. The number of carbonyl (C=O) groups excluding carboxylic acids is 2. The molecule has 1 N–H and O–H groups in total. The lowest BCUT2D eigenvalue weighted by atomic mass is 10.1. The molecular weight excluding hydrogens is 402 g/mol.